The van der Waals surface area contributed by atoms with Gasteiger partial charge in [-0.15, -0.1) is 0 Å². The molecule has 0 amide bonds. The van der Waals surface area contributed by atoms with Gasteiger partial charge in [0.05, 0.1) is 0 Å². The number of benzene rings is 1. The highest BCUT2D eigenvalue weighted by molar-refractivity contribution is 5.14. The lowest BCUT2D eigenvalue weighted by Crippen LogP contribution is -2.46. The zero-order valence-electron chi connectivity index (χ0n) is 16.9. The fraction of sp³-hybridized carbons (Fsp3) is 0.714. The molecule has 0 atom stereocenters. The molecule has 0 saturated carbocycles. The quantitative estimate of drug-likeness (QED) is 0.688. The predicted molar refractivity (Wildman–Crippen MR) is 107 cm³/mol. The van der Waals surface area contributed by atoms with Crippen molar-refractivity contribution in [2.75, 3.05) is 32.7 Å². The first-order valence-electron chi connectivity index (χ1n) is 9.87. The minimum atomic E-state index is 1.11. The summed E-state index contributed by atoms with van der Waals surface area (Å²) in [5, 5.41) is 0. The van der Waals surface area contributed by atoms with Crippen molar-refractivity contribution in [3.63, 3.8) is 0 Å². The van der Waals surface area contributed by atoms with Crippen LogP contribution >= 0.6 is 0 Å². The first kappa shape index (κ1) is 24.4. The molecular weight excluding hydrogens is 280 g/mol. The van der Waals surface area contributed by atoms with Crippen molar-refractivity contribution in [1.29, 1.82) is 0 Å². The van der Waals surface area contributed by atoms with Crippen LogP contribution in [-0.2, 0) is 6.54 Å². The summed E-state index contributed by atoms with van der Waals surface area (Å²) in [6.07, 6.45) is 2.66. The molecule has 0 unspecified atom stereocenters. The minimum Gasteiger partial charge on any atom is -0.301 e. The summed E-state index contributed by atoms with van der Waals surface area (Å²) in [5.41, 5.74) is 1.44. The maximum atomic E-state index is 2.60. The average molecular weight is 323 g/mol. The topological polar surface area (TPSA) is 6.48 Å². The molecule has 2 nitrogen and oxygen atoms in total. The van der Waals surface area contributed by atoms with Gasteiger partial charge in [0.25, 0.3) is 0 Å². The van der Waals surface area contributed by atoms with Crippen LogP contribution in [0, 0.1) is 0 Å². The van der Waals surface area contributed by atoms with Gasteiger partial charge >= 0.3 is 0 Å². The van der Waals surface area contributed by atoms with Crippen LogP contribution in [0.25, 0.3) is 0 Å². The van der Waals surface area contributed by atoms with Crippen LogP contribution in [0.1, 0.15) is 66.9 Å². The van der Waals surface area contributed by atoms with Crippen molar-refractivity contribution < 1.29 is 0 Å². The first-order valence-corrected chi connectivity index (χ1v) is 9.87. The number of rotatable bonds is 5. The van der Waals surface area contributed by atoms with Gasteiger partial charge in [0.15, 0.2) is 0 Å². The third-order valence-electron chi connectivity index (χ3n) is 3.54. The largest absolute Gasteiger partial charge is 0.301 e. The van der Waals surface area contributed by atoms with Gasteiger partial charge in [0.1, 0.15) is 0 Å². The van der Waals surface area contributed by atoms with Gasteiger partial charge in [-0.3, -0.25) is 4.90 Å². The standard InChI is InChI=1S/C15H24N2.3C2H6/c1-2-3-9-16-10-12-17(13-11-16)14-15-7-5-4-6-8-15;3*1-2/h4-8H,2-3,9-14H2,1H3;3*1-2H3. The van der Waals surface area contributed by atoms with E-state index in [0.717, 1.165) is 6.54 Å². The number of piperazine rings is 1. The molecule has 0 N–H and O–H groups in total. The summed E-state index contributed by atoms with van der Waals surface area (Å²) in [6.45, 7) is 21.6. The van der Waals surface area contributed by atoms with E-state index in [-0.39, 0.29) is 0 Å². The van der Waals surface area contributed by atoms with Crippen LogP contribution in [0.5, 0.6) is 0 Å². The lowest BCUT2D eigenvalue weighted by Gasteiger charge is -2.34. The molecule has 2 heteroatoms. The molecule has 2 rings (SSSR count). The van der Waals surface area contributed by atoms with E-state index < -0.39 is 0 Å². The van der Waals surface area contributed by atoms with Crippen LogP contribution in [0.3, 0.4) is 0 Å². The van der Waals surface area contributed by atoms with Gasteiger partial charge in [0, 0.05) is 32.7 Å². The van der Waals surface area contributed by atoms with Gasteiger partial charge in [-0.25, -0.2) is 0 Å². The Morgan fingerprint density at radius 1 is 0.739 bits per heavy atom. The fourth-order valence-electron chi connectivity index (χ4n) is 2.39. The molecule has 1 aliphatic rings. The van der Waals surface area contributed by atoms with Crippen LogP contribution in [0.4, 0.5) is 0 Å². The lowest BCUT2D eigenvalue weighted by molar-refractivity contribution is 0.126. The maximum Gasteiger partial charge on any atom is 0.0234 e. The Kier molecular flexibility index (Phi) is 20.3. The van der Waals surface area contributed by atoms with Crippen molar-refractivity contribution in [2.24, 2.45) is 0 Å². The Bertz CT molecular complexity index is 303. The van der Waals surface area contributed by atoms with Crippen molar-refractivity contribution in [1.82, 2.24) is 9.80 Å². The third kappa shape index (κ3) is 12.3. The van der Waals surface area contributed by atoms with Gasteiger partial charge in [-0.05, 0) is 18.5 Å². The molecule has 1 aliphatic heterocycles. The normalized spacial score (nSPS) is 14.4. The van der Waals surface area contributed by atoms with E-state index in [2.05, 4.69) is 47.1 Å². The summed E-state index contributed by atoms with van der Waals surface area (Å²) in [5.74, 6) is 0. The summed E-state index contributed by atoms with van der Waals surface area (Å²) < 4.78 is 0. The summed E-state index contributed by atoms with van der Waals surface area (Å²) in [7, 11) is 0. The van der Waals surface area contributed by atoms with Crippen molar-refractivity contribution in [2.45, 2.75) is 67.9 Å². The SMILES string of the molecule is CC.CC.CC.CCCCN1CCN(Cc2ccccc2)CC1. The molecule has 1 aromatic carbocycles. The van der Waals surface area contributed by atoms with E-state index in [0.29, 0.717) is 0 Å². The van der Waals surface area contributed by atoms with E-state index in [1.165, 1.54) is 51.1 Å². The summed E-state index contributed by atoms with van der Waals surface area (Å²) in [6, 6.07) is 10.8. The van der Waals surface area contributed by atoms with Gasteiger partial charge in [0.2, 0.25) is 0 Å². The maximum absolute atomic E-state index is 2.60. The molecule has 0 bridgehead atoms. The van der Waals surface area contributed by atoms with Crippen LogP contribution in [-0.4, -0.2) is 42.5 Å². The monoisotopic (exact) mass is 322 g/mol. The van der Waals surface area contributed by atoms with E-state index in [4.69, 9.17) is 0 Å². The highest BCUT2D eigenvalue weighted by atomic mass is 15.3. The molecule has 136 valence electrons. The van der Waals surface area contributed by atoms with Crippen LogP contribution in [0.15, 0.2) is 30.3 Å². The molecule has 0 aliphatic carbocycles. The third-order valence-corrected chi connectivity index (χ3v) is 3.54. The molecule has 23 heavy (non-hydrogen) atoms. The zero-order valence-corrected chi connectivity index (χ0v) is 16.9. The number of hydrogen-bond acceptors (Lipinski definition) is 2. The second-order valence-corrected chi connectivity index (χ2v) is 4.96. The highest BCUT2D eigenvalue weighted by Crippen LogP contribution is 2.08. The molecule has 1 aromatic rings. The Labute approximate surface area is 146 Å². The Morgan fingerprint density at radius 3 is 1.70 bits per heavy atom. The zero-order chi connectivity index (χ0) is 17.9. The summed E-state index contributed by atoms with van der Waals surface area (Å²) in [4.78, 5) is 5.17. The second-order valence-electron chi connectivity index (χ2n) is 4.96. The first-order chi connectivity index (χ1) is 11.4. The number of hydrogen-bond donors (Lipinski definition) is 0. The van der Waals surface area contributed by atoms with Crippen molar-refractivity contribution >= 4 is 0 Å². The molecule has 0 aromatic heterocycles. The van der Waals surface area contributed by atoms with Crippen LogP contribution < -0.4 is 0 Å². The Hall–Kier alpha value is -0.860. The molecule has 1 fully saturated rings. The molecule has 1 saturated heterocycles. The van der Waals surface area contributed by atoms with Crippen LogP contribution in [0.2, 0.25) is 0 Å². The smallest absolute Gasteiger partial charge is 0.0234 e. The second kappa shape index (κ2) is 19.2. The summed E-state index contributed by atoms with van der Waals surface area (Å²) >= 11 is 0. The molecule has 0 spiro atoms. The predicted octanol–water partition coefficient (Wildman–Crippen LogP) is 5.68. The van der Waals surface area contributed by atoms with E-state index in [1.807, 2.05) is 41.5 Å². The molecular formula is C21H42N2. The minimum absolute atomic E-state index is 1.11. The Balaban J connectivity index is 0. The number of unbranched alkanes of at least 4 members (excludes halogenated alkanes) is 1. The van der Waals surface area contributed by atoms with Gasteiger partial charge in [-0.2, -0.15) is 0 Å². The fourth-order valence-corrected chi connectivity index (χ4v) is 2.39. The lowest BCUT2D eigenvalue weighted by atomic mass is 10.2. The highest BCUT2D eigenvalue weighted by Gasteiger charge is 2.15. The Morgan fingerprint density at radius 2 is 1.22 bits per heavy atom. The van der Waals surface area contributed by atoms with E-state index >= 15 is 0 Å². The average Bonchev–Trinajstić information content (AvgIpc) is 2.67. The number of nitrogens with zero attached hydrogens (tertiary/aromatic N) is 2. The van der Waals surface area contributed by atoms with Gasteiger partial charge < -0.3 is 4.90 Å². The molecule has 0 radical (unpaired) electrons. The van der Waals surface area contributed by atoms with Gasteiger partial charge in [-0.1, -0.05) is 85.2 Å². The van der Waals surface area contributed by atoms with Crippen molar-refractivity contribution in [3.05, 3.63) is 35.9 Å². The van der Waals surface area contributed by atoms with Crippen molar-refractivity contribution in [3.8, 4) is 0 Å². The van der Waals surface area contributed by atoms with E-state index in [9.17, 15) is 0 Å². The molecule has 1 heterocycles. The van der Waals surface area contributed by atoms with E-state index in [1.54, 1.807) is 0 Å².